The normalized spacial score (nSPS) is 10.5. The van der Waals surface area contributed by atoms with Crippen LogP contribution >= 0.6 is 0 Å². The second-order valence-corrected chi connectivity index (χ2v) is 5.48. The number of hydrogen-bond acceptors (Lipinski definition) is 3. The average molecular weight is 291 g/mol. The number of nitrogens with zero attached hydrogens (tertiary/aromatic N) is 1. The van der Waals surface area contributed by atoms with Gasteiger partial charge in [0.2, 0.25) is 0 Å². The van der Waals surface area contributed by atoms with E-state index < -0.39 is 0 Å². The summed E-state index contributed by atoms with van der Waals surface area (Å²) >= 11 is 0. The molecule has 0 fully saturated rings. The van der Waals surface area contributed by atoms with Gasteiger partial charge in [-0.3, -0.25) is 14.6 Å². The first-order valence-corrected chi connectivity index (χ1v) is 7.57. The van der Waals surface area contributed by atoms with Crippen LogP contribution in [0, 0.1) is 5.92 Å². The van der Waals surface area contributed by atoms with E-state index in [1.165, 1.54) is 12.3 Å². The first-order valence-electron chi connectivity index (χ1n) is 7.57. The summed E-state index contributed by atoms with van der Waals surface area (Å²) in [6.07, 6.45) is 4.38. The van der Waals surface area contributed by atoms with E-state index in [2.05, 4.69) is 36.4 Å². The molecule has 0 unspecified atom stereocenters. The lowest BCUT2D eigenvalue weighted by molar-refractivity contribution is 0.0947. The number of aromatic nitrogens is 1. The fourth-order valence-corrected chi connectivity index (χ4v) is 1.74. The summed E-state index contributed by atoms with van der Waals surface area (Å²) < 4.78 is 0. The van der Waals surface area contributed by atoms with Gasteiger partial charge in [0.25, 0.3) is 11.8 Å². The highest BCUT2D eigenvalue weighted by molar-refractivity contribution is 5.98. The molecule has 1 aromatic rings. The van der Waals surface area contributed by atoms with Crippen LogP contribution in [0.3, 0.4) is 0 Å². The predicted octanol–water partition coefficient (Wildman–Crippen LogP) is 2.39. The molecule has 2 N–H and O–H groups in total. The number of carbonyl (C=O) groups is 2. The largest absolute Gasteiger partial charge is 0.352 e. The highest BCUT2D eigenvalue weighted by Gasteiger charge is 2.11. The van der Waals surface area contributed by atoms with Gasteiger partial charge in [-0.15, -0.1) is 0 Å². The third-order valence-electron chi connectivity index (χ3n) is 3.08. The SMILES string of the molecule is CCCCNC(=O)c1ccnc(C(=O)NCCC(C)C)c1. The fourth-order valence-electron chi connectivity index (χ4n) is 1.74. The molecule has 1 aromatic heterocycles. The van der Waals surface area contributed by atoms with Crippen LogP contribution in [0.1, 0.15) is 60.9 Å². The summed E-state index contributed by atoms with van der Waals surface area (Å²) in [7, 11) is 0. The Morgan fingerprint density at radius 3 is 2.57 bits per heavy atom. The van der Waals surface area contributed by atoms with Crippen LogP contribution in [-0.2, 0) is 0 Å². The maximum absolute atomic E-state index is 12.0. The Kier molecular flexibility index (Phi) is 7.43. The number of rotatable bonds is 8. The molecule has 0 aromatic carbocycles. The van der Waals surface area contributed by atoms with Crippen molar-refractivity contribution in [2.45, 2.75) is 40.0 Å². The molecule has 0 saturated heterocycles. The zero-order valence-corrected chi connectivity index (χ0v) is 13.1. The number of carbonyl (C=O) groups excluding carboxylic acids is 2. The van der Waals surface area contributed by atoms with E-state index >= 15 is 0 Å². The molecule has 0 bridgehead atoms. The molecule has 2 amide bonds. The lowest BCUT2D eigenvalue weighted by atomic mass is 10.1. The van der Waals surface area contributed by atoms with Gasteiger partial charge in [-0.25, -0.2) is 0 Å². The lowest BCUT2D eigenvalue weighted by Crippen LogP contribution is -2.28. The molecule has 0 saturated carbocycles. The molecule has 116 valence electrons. The van der Waals surface area contributed by atoms with E-state index in [0.29, 0.717) is 24.6 Å². The molecule has 0 atom stereocenters. The molecule has 1 heterocycles. The molecule has 5 nitrogen and oxygen atoms in total. The van der Waals surface area contributed by atoms with Crippen LogP contribution < -0.4 is 10.6 Å². The van der Waals surface area contributed by atoms with Crippen molar-refractivity contribution in [1.29, 1.82) is 0 Å². The van der Waals surface area contributed by atoms with Crippen LogP contribution in [0.2, 0.25) is 0 Å². The van der Waals surface area contributed by atoms with Gasteiger partial charge in [0.05, 0.1) is 0 Å². The standard InChI is InChI=1S/C16H25N3O2/c1-4-5-8-18-15(20)13-7-10-17-14(11-13)16(21)19-9-6-12(2)3/h7,10-12H,4-6,8-9H2,1-3H3,(H,18,20)(H,19,21). The molecular formula is C16H25N3O2. The number of amides is 2. The summed E-state index contributed by atoms with van der Waals surface area (Å²) in [5.74, 6) is 0.134. The Bertz CT molecular complexity index is 472. The molecule has 21 heavy (non-hydrogen) atoms. The number of hydrogen-bond donors (Lipinski definition) is 2. The average Bonchev–Trinajstić information content (AvgIpc) is 2.47. The highest BCUT2D eigenvalue weighted by Crippen LogP contribution is 2.03. The van der Waals surface area contributed by atoms with Gasteiger partial charge in [-0.05, 0) is 30.9 Å². The Labute approximate surface area is 126 Å². The number of unbranched alkanes of at least 4 members (excludes halogenated alkanes) is 1. The van der Waals surface area contributed by atoms with E-state index in [4.69, 9.17) is 0 Å². The van der Waals surface area contributed by atoms with Gasteiger partial charge in [-0.2, -0.15) is 0 Å². The van der Waals surface area contributed by atoms with Crippen LogP contribution in [0.25, 0.3) is 0 Å². The summed E-state index contributed by atoms with van der Waals surface area (Å²) in [6.45, 7) is 7.54. The van der Waals surface area contributed by atoms with Crippen molar-refractivity contribution < 1.29 is 9.59 Å². The van der Waals surface area contributed by atoms with E-state index in [9.17, 15) is 9.59 Å². The van der Waals surface area contributed by atoms with Crippen molar-refractivity contribution in [2.24, 2.45) is 5.92 Å². The minimum absolute atomic E-state index is 0.165. The second kappa shape index (κ2) is 9.10. The van der Waals surface area contributed by atoms with Gasteiger partial charge in [0.15, 0.2) is 0 Å². The van der Waals surface area contributed by atoms with E-state index in [-0.39, 0.29) is 17.5 Å². The Morgan fingerprint density at radius 2 is 1.90 bits per heavy atom. The zero-order chi connectivity index (χ0) is 15.7. The van der Waals surface area contributed by atoms with Crippen molar-refractivity contribution in [2.75, 3.05) is 13.1 Å². The van der Waals surface area contributed by atoms with Crippen molar-refractivity contribution in [3.63, 3.8) is 0 Å². The van der Waals surface area contributed by atoms with Gasteiger partial charge < -0.3 is 10.6 Å². The molecule has 1 rings (SSSR count). The molecule has 0 radical (unpaired) electrons. The molecular weight excluding hydrogens is 266 g/mol. The number of pyridine rings is 1. The van der Waals surface area contributed by atoms with E-state index in [1.54, 1.807) is 6.07 Å². The smallest absolute Gasteiger partial charge is 0.269 e. The maximum atomic E-state index is 12.0. The van der Waals surface area contributed by atoms with Gasteiger partial charge in [0, 0.05) is 24.8 Å². The van der Waals surface area contributed by atoms with Crippen LogP contribution in [-0.4, -0.2) is 29.9 Å². The minimum atomic E-state index is -0.237. The Hall–Kier alpha value is -1.91. The van der Waals surface area contributed by atoms with Crippen LogP contribution in [0.4, 0.5) is 0 Å². The number of nitrogens with one attached hydrogen (secondary N) is 2. The highest BCUT2D eigenvalue weighted by atomic mass is 16.2. The predicted molar refractivity (Wildman–Crippen MR) is 83.3 cm³/mol. The van der Waals surface area contributed by atoms with Crippen LogP contribution in [0.5, 0.6) is 0 Å². The van der Waals surface area contributed by atoms with Gasteiger partial charge in [-0.1, -0.05) is 27.2 Å². The third-order valence-corrected chi connectivity index (χ3v) is 3.08. The third kappa shape index (κ3) is 6.38. The lowest BCUT2D eigenvalue weighted by Gasteiger charge is -2.08. The fraction of sp³-hybridized carbons (Fsp3) is 0.562. The molecule has 0 spiro atoms. The van der Waals surface area contributed by atoms with Gasteiger partial charge in [0.1, 0.15) is 5.69 Å². The molecule has 5 heteroatoms. The summed E-state index contributed by atoms with van der Waals surface area (Å²) in [4.78, 5) is 27.9. The summed E-state index contributed by atoms with van der Waals surface area (Å²) in [6, 6.07) is 3.15. The first-order chi connectivity index (χ1) is 10.0. The Morgan fingerprint density at radius 1 is 1.19 bits per heavy atom. The summed E-state index contributed by atoms with van der Waals surface area (Å²) in [5.41, 5.74) is 0.747. The first kappa shape index (κ1) is 17.1. The minimum Gasteiger partial charge on any atom is -0.352 e. The van der Waals surface area contributed by atoms with E-state index in [1.807, 2.05) is 0 Å². The van der Waals surface area contributed by atoms with Crippen molar-refractivity contribution >= 4 is 11.8 Å². The monoisotopic (exact) mass is 291 g/mol. The van der Waals surface area contributed by atoms with Crippen molar-refractivity contribution in [1.82, 2.24) is 15.6 Å². The van der Waals surface area contributed by atoms with Gasteiger partial charge >= 0.3 is 0 Å². The summed E-state index contributed by atoms with van der Waals surface area (Å²) in [5, 5.41) is 5.64. The van der Waals surface area contributed by atoms with Crippen molar-refractivity contribution in [3.8, 4) is 0 Å². The Balaban J connectivity index is 2.58. The molecule has 0 aliphatic carbocycles. The zero-order valence-electron chi connectivity index (χ0n) is 13.1. The van der Waals surface area contributed by atoms with Crippen LogP contribution in [0.15, 0.2) is 18.3 Å². The second-order valence-electron chi connectivity index (χ2n) is 5.48. The topological polar surface area (TPSA) is 71.1 Å². The van der Waals surface area contributed by atoms with E-state index in [0.717, 1.165) is 19.3 Å². The maximum Gasteiger partial charge on any atom is 0.269 e. The van der Waals surface area contributed by atoms with Crippen molar-refractivity contribution in [3.05, 3.63) is 29.6 Å². The molecule has 0 aliphatic heterocycles. The molecule has 0 aliphatic rings. The quantitative estimate of drug-likeness (QED) is 0.722.